The molecule has 0 saturated carbocycles. The van der Waals surface area contributed by atoms with Crippen molar-refractivity contribution in [3.8, 4) is 0 Å². The summed E-state index contributed by atoms with van der Waals surface area (Å²) in [6.45, 7) is 3.58. The summed E-state index contributed by atoms with van der Waals surface area (Å²) in [4.78, 5) is 9.51. The Morgan fingerprint density at radius 3 is 2.58 bits per heavy atom. The van der Waals surface area contributed by atoms with Gasteiger partial charge in [-0.25, -0.2) is 22.7 Å². The van der Waals surface area contributed by atoms with Crippen LogP contribution in [-0.4, -0.2) is 45.9 Å². The zero-order valence-electron chi connectivity index (χ0n) is 17.8. The van der Waals surface area contributed by atoms with Gasteiger partial charge in [0.05, 0.1) is 21.7 Å². The highest BCUT2D eigenvalue weighted by Gasteiger charge is 2.19. The van der Waals surface area contributed by atoms with Gasteiger partial charge in [0.25, 0.3) is 0 Å². The predicted octanol–water partition coefficient (Wildman–Crippen LogP) is 3.84. The predicted molar refractivity (Wildman–Crippen MR) is 124 cm³/mol. The minimum atomic E-state index is -3.50. The number of thioether (sulfide) groups is 1. The molecule has 4 aromatic rings. The smallest absolute Gasteiger partial charge is 0.242 e. The first-order chi connectivity index (χ1) is 14.9. The molecule has 2 aromatic heterocycles. The Balaban J connectivity index is 1.59. The molecule has 0 radical (unpaired) electrons. The summed E-state index contributed by atoms with van der Waals surface area (Å²) < 4.78 is 30.4. The van der Waals surface area contributed by atoms with Crippen LogP contribution in [0.15, 0.2) is 71.0 Å². The number of imidazole rings is 2. The summed E-state index contributed by atoms with van der Waals surface area (Å²) >= 11 is 1.63. The van der Waals surface area contributed by atoms with E-state index in [1.807, 2.05) is 36.7 Å². The van der Waals surface area contributed by atoms with Crippen molar-refractivity contribution >= 4 is 32.8 Å². The van der Waals surface area contributed by atoms with E-state index in [2.05, 4.69) is 33.2 Å². The molecule has 162 valence electrons. The molecule has 0 aliphatic heterocycles. The van der Waals surface area contributed by atoms with Gasteiger partial charge >= 0.3 is 0 Å². The van der Waals surface area contributed by atoms with E-state index in [1.54, 1.807) is 23.9 Å². The first kappa shape index (κ1) is 21.6. The maximum Gasteiger partial charge on any atom is 0.242 e. The Morgan fingerprint density at radius 1 is 1.10 bits per heavy atom. The van der Waals surface area contributed by atoms with E-state index in [-0.39, 0.29) is 4.90 Å². The van der Waals surface area contributed by atoms with Crippen molar-refractivity contribution in [2.24, 2.45) is 0 Å². The van der Waals surface area contributed by atoms with Crippen LogP contribution in [0.4, 0.5) is 0 Å². The van der Waals surface area contributed by atoms with E-state index in [0.29, 0.717) is 11.3 Å². The average Bonchev–Trinajstić information content (AvgIpc) is 3.35. The lowest BCUT2D eigenvalue weighted by atomic mass is 10.2. The summed E-state index contributed by atoms with van der Waals surface area (Å²) in [5, 5.41) is 0.925. The molecule has 2 heterocycles. The molecule has 0 unspecified atom stereocenters. The first-order valence-corrected chi connectivity index (χ1v) is 12.4. The van der Waals surface area contributed by atoms with Gasteiger partial charge in [-0.1, -0.05) is 42.1 Å². The fraction of sp³-hybridized carbons (Fsp3) is 0.273. The monoisotopic (exact) mass is 455 g/mol. The molecule has 2 aromatic carbocycles. The summed E-state index contributed by atoms with van der Waals surface area (Å²) in [6, 6.07) is 15.4. The van der Waals surface area contributed by atoms with Crippen LogP contribution in [0.25, 0.3) is 11.0 Å². The van der Waals surface area contributed by atoms with Crippen molar-refractivity contribution in [3.05, 3.63) is 72.3 Å². The Labute approximate surface area is 186 Å². The fourth-order valence-electron chi connectivity index (χ4n) is 3.46. The van der Waals surface area contributed by atoms with Crippen molar-refractivity contribution in [3.63, 3.8) is 0 Å². The topological polar surface area (TPSA) is 73.0 Å². The highest BCUT2D eigenvalue weighted by atomic mass is 32.2. The SMILES string of the molecule is CCn1c(CSc2nccn2Cc2ccccc2)nc2cc(S(=O)(=O)N(C)C)ccc21. The van der Waals surface area contributed by atoms with E-state index in [4.69, 9.17) is 4.98 Å². The summed E-state index contributed by atoms with van der Waals surface area (Å²) in [5.41, 5.74) is 2.84. The van der Waals surface area contributed by atoms with Gasteiger partial charge < -0.3 is 9.13 Å². The van der Waals surface area contributed by atoms with Gasteiger partial charge in [-0.3, -0.25) is 0 Å². The maximum absolute atomic E-state index is 12.5. The molecule has 0 aliphatic rings. The highest BCUT2D eigenvalue weighted by molar-refractivity contribution is 7.98. The van der Waals surface area contributed by atoms with Gasteiger partial charge in [-0.05, 0) is 30.7 Å². The van der Waals surface area contributed by atoms with Crippen molar-refractivity contribution in [1.29, 1.82) is 0 Å². The number of hydrogen-bond donors (Lipinski definition) is 0. The number of aromatic nitrogens is 4. The molecule has 7 nitrogen and oxygen atoms in total. The lowest BCUT2D eigenvalue weighted by Gasteiger charge is -2.11. The number of rotatable bonds is 8. The average molecular weight is 456 g/mol. The molecule has 4 rings (SSSR count). The van der Waals surface area contributed by atoms with Crippen molar-refractivity contribution in [2.45, 2.75) is 35.8 Å². The van der Waals surface area contributed by atoms with Crippen LogP contribution in [0.3, 0.4) is 0 Å². The van der Waals surface area contributed by atoms with Crippen LogP contribution in [-0.2, 0) is 28.9 Å². The van der Waals surface area contributed by atoms with Crippen LogP contribution in [0.5, 0.6) is 0 Å². The van der Waals surface area contributed by atoms with Crippen molar-refractivity contribution in [2.75, 3.05) is 14.1 Å². The molecule has 0 fully saturated rings. The van der Waals surface area contributed by atoms with Gasteiger partial charge in [0.1, 0.15) is 5.82 Å². The van der Waals surface area contributed by atoms with Gasteiger partial charge in [0, 0.05) is 39.6 Å². The second-order valence-electron chi connectivity index (χ2n) is 7.32. The molecule has 0 aliphatic carbocycles. The number of sulfonamides is 1. The molecule has 0 spiro atoms. The molecular weight excluding hydrogens is 430 g/mol. The third-order valence-corrected chi connectivity index (χ3v) is 7.91. The summed E-state index contributed by atoms with van der Waals surface area (Å²) in [7, 11) is -0.433. The second kappa shape index (κ2) is 8.86. The summed E-state index contributed by atoms with van der Waals surface area (Å²) in [5.74, 6) is 1.54. The molecule has 0 saturated heterocycles. The van der Waals surface area contributed by atoms with Crippen molar-refractivity contribution in [1.82, 2.24) is 23.4 Å². The molecule has 31 heavy (non-hydrogen) atoms. The van der Waals surface area contributed by atoms with Gasteiger partial charge in [0.15, 0.2) is 5.16 Å². The number of nitrogens with zero attached hydrogens (tertiary/aromatic N) is 5. The Morgan fingerprint density at radius 2 is 1.87 bits per heavy atom. The second-order valence-corrected chi connectivity index (χ2v) is 10.4. The lowest BCUT2D eigenvalue weighted by Crippen LogP contribution is -2.22. The Hall–Kier alpha value is -2.62. The Kier molecular flexibility index (Phi) is 6.17. The van der Waals surface area contributed by atoms with Crippen molar-refractivity contribution < 1.29 is 8.42 Å². The van der Waals surface area contributed by atoms with Gasteiger partial charge in [0.2, 0.25) is 10.0 Å². The Bertz CT molecular complexity index is 1290. The number of fused-ring (bicyclic) bond motifs is 1. The summed E-state index contributed by atoms with van der Waals surface area (Å²) in [6.07, 6.45) is 3.79. The largest absolute Gasteiger partial charge is 0.328 e. The maximum atomic E-state index is 12.5. The zero-order chi connectivity index (χ0) is 22.0. The van der Waals surface area contributed by atoms with Crippen LogP contribution in [0, 0.1) is 0 Å². The first-order valence-electron chi connectivity index (χ1n) is 9.99. The normalized spacial score (nSPS) is 12.1. The van der Waals surface area contributed by atoms with E-state index in [0.717, 1.165) is 29.6 Å². The van der Waals surface area contributed by atoms with Gasteiger partial charge in [-0.15, -0.1) is 0 Å². The highest BCUT2D eigenvalue weighted by Crippen LogP contribution is 2.26. The fourth-order valence-corrected chi connectivity index (χ4v) is 5.29. The quantitative estimate of drug-likeness (QED) is 0.378. The number of hydrogen-bond acceptors (Lipinski definition) is 5. The molecule has 0 N–H and O–H groups in total. The molecular formula is C22H25N5O2S2. The standard InChI is InChI=1S/C22H25N5O2S2/c1-4-27-20-11-10-18(31(28,29)25(2)3)14-19(20)24-21(27)16-30-22-23-12-13-26(22)15-17-8-6-5-7-9-17/h5-14H,4,15-16H2,1-3H3. The molecule has 0 atom stereocenters. The third kappa shape index (κ3) is 4.39. The lowest BCUT2D eigenvalue weighted by molar-refractivity contribution is 0.521. The van der Waals surface area contributed by atoms with Gasteiger partial charge in [-0.2, -0.15) is 0 Å². The van der Waals surface area contributed by atoms with E-state index < -0.39 is 10.0 Å². The van der Waals surface area contributed by atoms with Crippen LogP contribution in [0.2, 0.25) is 0 Å². The van der Waals surface area contributed by atoms with Crippen LogP contribution < -0.4 is 0 Å². The third-order valence-electron chi connectivity index (χ3n) is 5.10. The molecule has 9 heteroatoms. The van der Waals surface area contributed by atoms with E-state index in [9.17, 15) is 8.42 Å². The van der Waals surface area contributed by atoms with Crippen LogP contribution >= 0.6 is 11.8 Å². The van der Waals surface area contributed by atoms with E-state index >= 15 is 0 Å². The zero-order valence-corrected chi connectivity index (χ0v) is 19.4. The van der Waals surface area contributed by atoms with E-state index in [1.165, 1.54) is 24.0 Å². The number of benzene rings is 2. The number of aryl methyl sites for hydroxylation is 1. The minimum absolute atomic E-state index is 0.253. The molecule has 0 bridgehead atoms. The minimum Gasteiger partial charge on any atom is -0.328 e. The molecule has 0 amide bonds. The van der Waals surface area contributed by atoms with Crippen LogP contribution in [0.1, 0.15) is 18.3 Å².